The summed E-state index contributed by atoms with van der Waals surface area (Å²) in [6.07, 6.45) is 7.14. The summed E-state index contributed by atoms with van der Waals surface area (Å²) in [4.78, 5) is 12.7. The van der Waals surface area contributed by atoms with Gasteiger partial charge in [-0.15, -0.1) is 0 Å². The second-order valence-corrected chi connectivity index (χ2v) is 7.21. The van der Waals surface area contributed by atoms with E-state index < -0.39 is 0 Å². The molecule has 1 aromatic heterocycles. The van der Waals surface area contributed by atoms with E-state index in [0.29, 0.717) is 11.8 Å². The summed E-state index contributed by atoms with van der Waals surface area (Å²) in [6, 6.07) is 10.0. The van der Waals surface area contributed by atoms with Crippen molar-refractivity contribution in [2.24, 2.45) is 23.5 Å². The number of nitrogens with one attached hydrogen (secondary N) is 1. The van der Waals surface area contributed by atoms with Crippen molar-refractivity contribution in [2.45, 2.75) is 38.3 Å². The molecule has 0 spiro atoms. The topological polar surface area (TPSA) is 72.9 Å². The number of fused-ring (bicyclic) bond motifs is 2. The minimum atomic E-state index is -0.0423. The smallest absolute Gasteiger partial charge is 0.225 e. The van der Waals surface area contributed by atoms with Crippen LogP contribution in [0, 0.1) is 17.8 Å². The highest BCUT2D eigenvalue weighted by molar-refractivity contribution is 5.80. The molecule has 5 heteroatoms. The van der Waals surface area contributed by atoms with Crippen LogP contribution >= 0.6 is 0 Å². The first-order valence-corrected chi connectivity index (χ1v) is 8.79. The van der Waals surface area contributed by atoms with Crippen molar-refractivity contribution in [3.05, 3.63) is 48.3 Å². The summed E-state index contributed by atoms with van der Waals surface area (Å²) in [5.74, 6) is 1.13. The van der Waals surface area contributed by atoms with E-state index in [1.807, 2.05) is 42.1 Å². The molecule has 2 aliphatic rings. The molecule has 5 unspecified atom stereocenters. The van der Waals surface area contributed by atoms with Crippen LogP contribution in [-0.4, -0.2) is 21.7 Å². The monoisotopic (exact) mass is 324 g/mol. The first-order valence-electron chi connectivity index (χ1n) is 8.79. The van der Waals surface area contributed by atoms with Crippen LogP contribution in [0.5, 0.6) is 0 Å². The van der Waals surface area contributed by atoms with Gasteiger partial charge in [0.15, 0.2) is 0 Å². The molecule has 5 nitrogen and oxygen atoms in total. The molecule has 1 heterocycles. The maximum absolute atomic E-state index is 12.7. The minimum absolute atomic E-state index is 0.0134. The molecule has 0 radical (unpaired) electrons. The van der Waals surface area contributed by atoms with E-state index in [1.54, 1.807) is 6.20 Å². The molecule has 126 valence electrons. The molecule has 3 N–H and O–H groups in total. The molecule has 2 fully saturated rings. The molecule has 2 aliphatic carbocycles. The molecule has 24 heavy (non-hydrogen) atoms. The molecule has 0 aliphatic heterocycles. The third-order valence-electron chi connectivity index (χ3n) is 5.78. The molecular weight excluding hydrogens is 300 g/mol. The Balaban J connectivity index is 1.47. The molecule has 5 atom stereocenters. The average Bonchev–Trinajstić information content (AvgIpc) is 3.32. The number of nitrogens with two attached hydrogens (primary N) is 1. The van der Waals surface area contributed by atoms with Crippen LogP contribution in [0.3, 0.4) is 0 Å². The van der Waals surface area contributed by atoms with Crippen molar-refractivity contribution < 1.29 is 4.79 Å². The summed E-state index contributed by atoms with van der Waals surface area (Å²) < 4.78 is 1.82. The van der Waals surface area contributed by atoms with Gasteiger partial charge in [0, 0.05) is 18.4 Å². The number of amides is 1. The van der Waals surface area contributed by atoms with E-state index in [-0.39, 0.29) is 23.9 Å². The van der Waals surface area contributed by atoms with Gasteiger partial charge in [-0.2, -0.15) is 5.10 Å². The van der Waals surface area contributed by atoms with E-state index in [2.05, 4.69) is 16.5 Å². The molecule has 0 saturated heterocycles. The van der Waals surface area contributed by atoms with E-state index in [9.17, 15) is 4.79 Å². The number of rotatable bonds is 4. The van der Waals surface area contributed by atoms with E-state index in [1.165, 1.54) is 6.42 Å². The fourth-order valence-corrected chi connectivity index (χ4v) is 4.48. The van der Waals surface area contributed by atoms with Crippen molar-refractivity contribution >= 4 is 5.91 Å². The predicted octanol–water partition coefficient (Wildman–Crippen LogP) is 2.42. The summed E-state index contributed by atoms with van der Waals surface area (Å²) >= 11 is 0. The first-order chi connectivity index (χ1) is 11.6. The summed E-state index contributed by atoms with van der Waals surface area (Å²) in [6.45, 7) is 2.03. The van der Waals surface area contributed by atoms with Gasteiger partial charge in [0.25, 0.3) is 0 Å². The van der Waals surface area contributed by atoms with Gasteiger partial charge in [0.2, 0.25) is 5.91 Å². The van der Waals surface area contributed by atoms with Crippen molar-refractivity contribution in [3.63, 3.8) is 0 Å². The Hall–Kier alpha value is -2.14. The highest BCUT2D eigenvalue weighted by Gasteiger charge is 2.49. The van der Waals surface area contributed by atoms with Gasteiger partial charge in [-0.25, -0.2) is 4.68 Å². The number of nitrogens with zero attached hydrogens (tertiary/aromatic N) is 2. The number of benzene rings is 1. The fourth-order valence-electron chi connectivity index (χ4n) is 4.48. The van der Waals surface area contributed by atoms with Crippen molar-refractivity contribution in [2.75, 3.05) is 0 Å². The summed E-state index contributed by atoms with van der Waals surface area (Å²) in [7, 11) is 0. The fraction of sp³-hybridized carbons (Fsp3) is 0.474. The van der Waals surface area contributed by atoms with Crippen LogP contribution in [0.1, 0.15) is 37.8 Å². The molecule has 2 aromatic rings. The second-order valence-electron chi connectivity index (χ2n) is 7.21. The van der Waals surface area contributed by atoms with Crippen molar-refractivity contribution in [3.8, 4) is 5.69 Å². The Kier molecular flexibility index (Phi) is 3.88. The van der Waals surface area contributed by atoms with Gasteiger partial charge < -0.3 is 11.1 Å². The van der Waals surface area contributed by atoms with Gasteiger partial charge >= 0.3 is 0 Å². The van der Waals surface area contributed by atoms with Gasteiger partial charge in [-0.05, 0) is 61.8 Å². The average molecular weight is 324 g/mol. The zero-order valence-corrected chi connectivity index (χ0v) is 13.9. The van der Waals surface area contributed by atoms with Crippen LogP contribution < -0.4 is 11.1 Å². The molecule has 2 bridgehead atoms. The standard InChI is InChI=1S/C19H24N4O/c1-12(13-4-2-5-16(11-13)23-9-3-8-21-23)22-19(24)17-14-6-7-15(10-14)18(17)20/h2-5,8-9,11-12,14-15,17-18H,6-7,10,20H2,1H3,(H,22,24). The number of hydrogen-bond donors (Lipinski definition) is 2. The molecule has 2 saturated carbocycles. The van der Waals surface area contributed by atoms with Crippen LogP contribution in [-0.2, 0) is 4.79 Å². The SMILES string of the molecule is CC(NC(=O)C1C2CCC(C2)C1N)c1cccc(-n2cccn2)c1. The lowest BCUT2D eigenvalue weighted by atomic mass is 9.84. The van der Waals surface area contributed by atoms with Crippen LogP contribution in [0.15, 0.2) is 42.7 Å². The lowest BCUT2D eigenvalue weighted by Gasteiger charge is -2.28. The van der Waals surface area contributed by atoms with Gasteiger partial charge in [-0.3, -0.25) is 4.79 Å². The zero-order valence-electron chi connectivity index (χ0n) is 13.9. The number of carbonyl (C=O) groups is 1. The van der Waals surface area contributed by atoms with Gasteiger partial charge in [0.05, 0.1) is 17.6 Å². The number of aromatic nitrogens is 2. The largest absolute Gasteiger partial charge is 0.349 e. The van der Waals surface area contributed by atoms with Crippen molar-refractivity contribution in [1.29, 1.82) is 0 Å². The molecular formula is C19H24N4O. The van der Waals surface area contributed by atoms with Crippen molar-refractivity contribution in [1.82, 2.24) is 15.1 Å². The molecule has 4 rings (SSSR count). The highest BCUT2D eigenvalue weighted by atomic mass is 16.2. The first kappa shape index (κ1) is 15.4. The van der Waals surface area contributed by atoms with Crippen LogP contribution in [0.25, 0.3) is 5.69 Å². The Labute approximate surface area is 142 Å². The quantitative estimate of drug-likeness (QED) is 0.907. The lowest BCUT2D eigenvalue weighted by Crippen LogP contribution is -2.45. The maximum Gasteiger partial charge on any atom is 0.225 e. The summed E-state index contributed by atoms with van der Waals surface area (Å²) in [5, 5.41) is 7.44. The maximum atomic E-state index is 12.7. The second kappa shape index (κ2) is 6.06. The van der Waals surface area contributed by atoms with E-state index in [0.717, 1.165) is 24.1 Å². The Morgan fingerprint density at radius 3 is 2.88 bits per heavy atom. The number of hydrogen-bond acceptors (Lipinski definition) is 3. The third kappa shape index (κ3) is 2.63. The van der Waals surface area contributed by atoms with Gasteiger partial charge in [0.1, 0.15) is 0 Å². The number of carbonyl (C=O) groups excluding carboxylic acids is 1. The minimum Gasteiger partial charge on any atom is -0.349 e. The Morgan fingerprint density at radius 2 is 2.17 bits per heavy atom. The third-order valence-corrected chi connectivity index (χ3v) is 5.78. The Morgan fingerprint density at radius 1 is 1.33 bits per heavy atom. The predicted molar refractivity (Wildman–Crippen MR) is 92.4 cm³/mol. The molecule has 1 amide bonds. The Bertz CT molecular complexity index is 725. The lowest BCUT2D eigenvalue weighted by molar-refractivity contribution is -0.127. The molecule has 1 aromatic carbocycles. The van der Waals surface area contributed by atoms with Gasteiger partial charge in [-0.1, -0.05) is 12.1 Å². The normalized spacial score (nSPS) is 29.6. The zero-order chi connectivity index (χ0) is 16.7. The summed E-state index contributed by atoms with van der Waals surface area (Å²) in [5.41, 5.74) is 8.37. The van der Waals surface area contributed by atoms with Crippen LogP contribution in [0.2, 0.25) is 0 Å². The van der Waals surface area contributed by atoms with Crippen LogP contribution in [0.4, 0.5) is 0 Å². The van der Waals surface area contributed by atoms with E-state index >= 15 is 0 Å². The van der Waals surface area contributed by atoms with E-state index in [4.69, 9.17) is 5.73 Å². The highest BCUT2D eigenvalue weighted by Crippen LogP contribution is 2.47.